The lowest BCUT2D eigenvalue weighted by Gasteiger charge is -2.34. The van der Waals surface area contributed by atoms with Crippen LogP contribution in [0.1, 0.15) is 54.9 Å². The molecule has 1 N–H and O–H groups in total. The molecule has 0 spiro atoms. The second-order valence-electron chi connectivity index (χ2n) is 8.55. The third-order valence-corrected chi connectivity index (χ3v) is 6.50. The maximum Gasteiger partial charge on any atom is 0.255 e. The van der Waals surface area contributed by atoms with E-state index in [0.717, 1.165) is 63.5 Å². The summed E-state index contributed by atoms with van der Waals surface area (Å²) in [5.41, 5.74) is 0.670. The number of hydrogen-bond donors (Lipinski definition) is 1. The number of rotatable bonds is 4. The summed E-state index contributed by atoms with van der Waals surface area (Å²) in [5, 5.41) is 10.6. The predicted octanol–water partition coefficient (Wildman–Crippen LogP) is 2.64. The van der Waals surface area contributed by atoms with Gasteiger partial charge in [0, 0.05) is 51.8 Å². The van der Waals surface area contributed by atoms with Crippen LogP contribution in [0.2, 0.25) is 0 Å². The van der Waals surface area contributed by atoms with Crippen molar-refractivity contribution in [1.29, 1.82) is 0 Å². The van der Waals surface area contributed by atoms with Gasteiger partial charge in [-0.05, 0) is 49.7 Å². The van der Waals surface area contributed by atoms with E-state index in [2.05, 4.69) is 21.8 Å². The molecule has 7 nitrogen and oxygen atoms in total. The zero-order chi connectivity index (χ0) is 20.4. The van der Waals surface area contributed by atoms with Gasteiger partial charge in [0.25, 0.3) is 5.91 Å². The molecule has 2 aliphatic heterocycles. The number of aliphatic hydroxyl groups is 1. The summed E-state index contributed by atoms with van der Waals surface area (Å²) in [7, 11) is 1.91. The highest BCUT2D eigenvalue weighted by Crippen LogP contribution is 2.31. The minimum Gasteiger partial charge on any atom is -0.385 e. The Morgan fingerprint density at radius 1 is 1.10 bits per heavy atom. The fourth-order valence-electron chi connectivity index (χ4n) is 4.41. The SMILES string of the molecule is CC1CCN(C(=O)c2ccc(N3CCC(C(O)c4nccn4C)CC3)nc2)CC1. The Labute approximate surface area is 172 Å². The fraction of sp³-hybridized carbons (Fsp3) is 0.591. The topological polar surface area (TPSA) is 74.5 Å². The molecule has 2 aliphatic rings. The van der Waals surface area contributed by atoms with Crippen molar-refractivity contribution < 1.29 is 9.90 Å². The van der Waals surface area contributed by atoms with Gasteiger partial charge < -0.3 is 19.5 Å². The van der Waals surface area contributed by atoms with Crippen molar-refractivity contribution in [2.45, 2.75) is 38.7 Å². The Hall–Kier alpha value is -2.41. The second-order valence-corrected chi connectivity index (χ2v) is 8.55. The Morgan fingerprint density at radius 3 is 2.41 bits per heavy atom. The van der Waals surface area contributed by atoms with E-state index in [1.807, 2.05) is 34.8 Å². The van der Waals surface area contributed by atoms with E-state index in [1.165, 1.54) is 0 Å². The first-order chi connectivity index (χ1) is 14.0. The molecule has 4 rings (SSSR count). The van der Waals surface area contributed by atoms with Crippen molar-refractivity contribution in [3.8, 4) is 0 Å². The lowest BCUT2D eigenvalue weighted by Crippen LogP contribution is -2.38. The number of likely N-dealkylation sites (tertiary alicyclic amines) is 1. The number of imidazole rings is 1. The molecule has 0 radical (unpaired) electrons. The normalized spacial score (nSPS) is 20.1. The Balaban J connectivity index is 1.33. The highest BCUT2D eigenvalue weighted by Gasteiger charge is 2.29. The van der Waals surface area contributed by atoms with Crippen molar-refractivity contribution in [1.82, 2.24) is 19.4 Å². The van der Waals surface area contributed by atoms with Crippen LogP contribution in [0.4, 0.5) is 5.82 Å². The van der Waals surface area contributed by atoms with Crippen LogP contribution in [0.25, 0.3) is 0 Å². The smallest absolute Gasteiger partial charge is 0.255 e. The molecule has 0 aliphatic carbocycles. The largest absolute Gasteiger partial charge is 0.385 e. The van der Waals surface area contributed by atoms with Crippen molar-refractivity contribution >= 4 is 11.7 Å². The van der Waals surface area contributed by atoms with Gasteiger partial charge in [0.05, 0.1) is 5.56 Å². The van der Waals surface area contributed by atoms with Gasteiger partial charge in [-0.1, -0.05) is 6.92 Å². The van der Waals surface area contributed by atoms with E-state index in [0.29, 0.717) is 11.5 Å². The van der Waals surface area contributed by atoms with Crippen molar-refractivity contribution in [3.63, 3.8) is 0 Å². The number of pyridine rings is 1. The zero-order valence-corrected chi connectivity index (χ0v) is 17.4. The maximum atomic E-state index is 12.7. The number of aromatic nitrogens is 3. The molecule has 2 fully saturated rings. The van der Waals surface area contributed by atoms with Gasteiger partial charge in [0.15, 0.2) is 0 Å². The number of piperidine rings is 2. The summed E-state index contributed by atoms with van der Waals surface area (Å²) in [6, 6.07) is 3.85. The van der Waals surface area contributed by atoms with Crippen LogP contribution in [0.15, 0.2) is 30.7 Å². The molecule has 7 heteroatoms. The molecule has 2 aromatic heterocycles. The van der Waals surface area contributed by atoms with Crippen LogP contribution >= 0.6 is 0 Å². The maximum absolute atomic E-state index is 12.7. The quantitative estimate of drug-likeness (QED) is 0.858. The second kappa shape index (κ2) is 8.53. The number of nitrogens with zero attached hydrogens (tertiary/aromatic N) is 5. The highest BCUT2D eigenvalue weighted by molar-refractivity contribution is 5.94. The first kappa shape index (κ1) is 19.9. The summed E-state index contributed by atoms with van der Waals surface area (Å²) >= 11 is 0. The van der Waals surface area contributed by atoms with Crippen LogP contribution in [-0.4, -0.2) is 56.6 Å². The standard InChI is InChI=1S/C22H31N5O2/c1-16-5-10-27(11-6-16)22(29)18-3-4-19(24-15-18)26-12-7-17(8-13-26)20(28)21-23-9-14-25(21)2/h3-4,9,14-17,20,28H,5-8,10-13H2,1-2H3. The van der Waals surface area contributed by atoms with Crippen LogP contribution in [0.5, 0.6) is 0 Å². The van der Waals surface area contributed by atoms with E-state index < -0.39 is 6.10 Å². The molecule has 2 saturated heterocycles. The molecule has 1 atom stereocenters. The number of aliphatic hydroxyl groups excluding tert-OH is 1. The van der Waals surface area contributed by atoms with E-state index in [9.17, 15) is 9.90 Å². The molecular formula is C22H31N5O2. The van der Waals surface area contributed by atoms with Crippen molar-refractivity contribution in [2.24, 2.45) is 18.9 Å². The first-order valence-electron chi connectivity index (χ1n) is 10.7. The lowest BCUT2D eigenvalue weighted by atomic mass is 9.90. The summed E-state index contributed by atoms with van der Waals surface area (Å²) in [6.07, 6.45) is 8.72. The fourth-order valence-corrected chi connectivity index (χ4v) is 4.41. The van der Waals surface area contributed by atoms with E-state index in [1.54, 1.807) is 12.4 Å². The lowest BCUT2D eigenvalue weighted by molar-refractivity contribution is 0.0696. The first-order valence-corrected chi connectivity index (χ1v) is 10.7. The van der Waals surface area contributed by atoms with Crippen molar-refractivity contribution in [3.05, 3.63) is 42.1 Å². The highest BCUT2D eigenvalue weighted by atomic mass is 16.3. The third kappa shape index (κ3) is 4.29. The minimum atomic E-state index is -0.530. The molecule has 0 aromatic carbocycles. The molecule has 1 amide bonds. The van der Waals surface area contributed by atoms with Gasteiger partial charge in [0.1, 0.15) is 17.7 Å². The summed E-state index contributed by atoms with van der Waals surface area (Å²) in [5.74, 6) is 2.64. The summed E-state index contributed by atoms with van der Waals surface area (Å²) < 4.78 is 1.89. The molecule has 4 heterocycles. The van der Waals surface area contributed by atoms with Gasteiger partial charge in [0.2, 0.25) is 0 Å². The monoisotopic (exact) mass is 397 g/mol. The number of carbonyl (C=O) groups excluding carboxylic acids is 1. The molecule has 1 unspecified atom stereocenters. The molecule has 0 saturated carbocycles. The van der Waals surface area contributed by atoms with Crippen LogP contribution in [0.3, 0.4) is 0 Å². The number of amides is 1. The van der Waals surface area contributed by atoms with Gasteiger partial charge in [-0.25, -0.2) is 9.97 Å². The number of hydrogen-bond acceptors (Lipinski definition) is 5. The van der Waals surface area contributed by atoms with Crippen LogP contribution < -0.4 is 4.90 Å². The van der Waals surface area contributed by atoms with E-state index in [4.69, 9.17) is 0 Å². The van der Waals surface area contributed by atoms with Gasteiger partial charge >= 0.3 is 0 Å². The molecular weight excluding hydrogens is 366 g/mol. The van der Waals surface area contributed by atoms with Gasteiger partial charge in [-0.3, -0.25) is 4.79 Å². The molecule has 2 aromatic rings. The number of aryl methyl sites for hydroxylation is 1. The van der Waals surface area contributed by atoms with Gasteiger partial charge in [-0.15, -0.1) is 0 Å². The summed E-state index contributed by atoms with van der Waals surface area (Å²) in [6.45, 7) is 5.62. The molecule has 0 bridgehead atoms. The van der Waals surface area contributed by atoms with Gasteiger partial charge in [-0.2, -0.15) is 0 Å². The van der Waals surface area contributed by atoms with Crippen LogP contribution in [0, 0.1) is 11.8 Å². The van der Waals surface area contributed by atoms with Crippen molar-refractivity contribution in [2.75, 3.05) is 31.1 Å². The average Bonchev–Trinajstić information content (AvgIpc) is 3.19. The number of anilines is 1. The van der Waals surface area contributed by atoms with E-state index >= 15 is 0 Å². The Morgan fingerprint density at radius 2 is 1.83 bits per heavy atom. The molecule has 29 heavy (non-hydrogen) atoms. The molecule has 156 valence electrons. The third-order valence-electron chi connectivity index (χ3n) is 6.50. The van der Waals surface area contributed by atoms with E-state index in [-0.39, 0.29) is 11.8 Å². The average molecular weight is 398 g/mol. The predicted molar refractivity (Wildman–Crippen MR) is 112 cm³/mol. The minimum absolute atomic E-state index is 0.0906. The Kier molecular flexibility index (Phi) is 5.85. The summed E-state index contributed by atoms with van der Waals surface area (Å²) in [4.78, 5) is 25.7. The zero-order valence-electron chi connectivity index (χ0n) is 17.4. The Bertz CT molecular complexity index is 818. The number of carbonyl (C=O) groups is 1. The van der Waals surface area contributed by atoms with Crippen LogP contribution in [-0.2, 0) is 7.05 Å².